The van der Waals surface area contributed by atoms with E-state index in [-0.39, 0.29) is 0 Å². The second-order valence-electron chi connectivity index (χ2n) is 2.38. The van der Waals surface area contributed by atoms with Crippen LogP contribution in [-0.2, 0) is 4.79 Å². The van der Waals surface area contributed by atoms with Gasteiger partial charge in [-0.05, 0) is 6.42 Å². The summed E-state index contributed by atoms with van der Waals surface area (Å²) in [7, 11) is 0. The lowest BCUT2D eigenvalue weighted by atomic mass is 10.2. The molecule has 0 aromatic carbocycles. The van der Waals surface area contributed by atoms with Crippen LogP contribution in [0.25, 0.3) is 0 Å². The van der Waals surface area contributed by atoms with E-state index in [4.69, 9.17) is 11.6 Å². The Morgan fingerprint density at radius 2 is 2.58 bits per heavy atom. The van der Waals surface area contributed by atoms with Gasteiger partial charge in [-0.15, -0.1) is 0 Å². The Bertz CT molecular complexity index is 285. The Kier molecular flexibility index (Phi) is 2.70. The number of carboxylic acid groups (broad SMARTS) is 1. The van der Waals surface area contributed by atoms with Crippen molar-refractivity contribution in [1.29, 1.82) is 0 Å². The molecule has 1 atom stereocenters. The summed E-state index contributed by atoms with van der Waals surface area (Å²) in [4.78, 5) is 10.5. The van der Waals surface area contributed by atoms with Crippen LogP contribution in [0.2, 0.25) is 5.02 Å². The van der Waals surface area contributed by atoms with E-state index in [1.165, 1.54) is 17.1 Å². The molecule has 4 nitrogen and oxygen atoms in total. The molecule has 0 spiro atoms. The molecule has 0 amide bonds. The first-order valence-corrected chi connectivity index (χ1v) is 3.93. The SMILES string of the molecule is CC[C@@H](C(=O)[O-])n1cc(Cl)cn1. The second kappa shape index (κ2) is 3.58. The molecule has 1 aromatic heterocycles. The standard InChI is InChI=1S/C7H9ClN2O2/c1-2-6(7(11)12)10-4-5(8)3-9-10/h3-4,6H,2H2,1H3,(H,11,12)/p-1/t6-/m0/s1. The summed E-state index contributed by atoms with van der Waals surface area (Å²) in [6.07, 6.45) is 3.29. The Morgan fingerprint density at radius 3 is 2.92 bits per heavy atom. The van der Waals surface area contributed by atoms with Crippen LogP contribution in [0.4, 0.5) is 0 Å². The van der Waals surface area contributed by atoms with E-state index in [2.05, 4.69) is 5.10 Å². The highest BCUT2D eigenvalue weighted by molar-refractivity contribution is 6.30. The van der Waals surface area contributed by atoms with Crippen LogP contribution in [0.5, 0.6) is 0 Å². The number of hydrogen-bond acceptors (Lipinski definition) is 3. The molecule has 1 heterocycles. The quantitative estimate of drug-likeness (QED) is 0.681. The average Bonchev–Trinajstić information content (AvgIpc) is 2.37. The highest BCUT2D eigenvalue weighted by Gasteiger charge is 2.09. The van der Waals surface area contributed by atoms with Crippen molar-refractivity contribution in [3.05, 3.63) is 17.4 Å². The van der Waals surface area contributed by atoms with Crippen molar-refractivity contribution in [1.82, 2.24) is 9.78 Å². The lowest BCUT2D eigenvalue weighted by Gasteiger charge is -2.15. The van der Waals surface area contributed by atoms with E-state index < -0.39 is 12.0 Å². The molecular weight excluding hydrogens is 180 g/mol. The third-order valence-corrected chi connectivity index (χ3v) is 1.74. The van der Waals surface area contributed by atoms with E-state index in [1.54, 1.807) is 6.92 Å². The van der Waals surface area contributed by atoms with Crippen molar-refractivity contribution in [3.63, 3.8) is 0 Å². The minimum Gasteiger partial charge on any atom is -0.548 e. The third-order valence-electron chi connectivity index (χ3n) is 1.55. The first-order chi connectivity index (χ1) is 5.65. The molecule has 0 saturated heterocycles. The molecular formula is C7H8ClN2O2-. The molecule has 5 heteroatoms. The maximum absolute atomic E-state index is 10.5. The summed E-state index contributed by atoms with van der Waals surface area (Å²) in [5, 5.41) is 14.7. The molecule has 1 rings (SSSR count). The molecule has 0 aliphatic heterocycles. The molecule has 0 bridgehead atoms. The van der Waals surface area contributed by atoms with E-state index >= 15 is 0 Å². The predicted octanol–water partition coefficient (Wildman–Crippen LogP) is 0.237. The zero-order chi connectivity index (χ0) is 9.14. The van der Waals surface area contributed by atoms with Crippen LogP contribution in [-0.4, -0.2) is 15.7 Å². The molecule has 0 N–H and O–H groups in total. The second-order valence-corrected chi connectivity index (χ2v) is 2.82. The molecule has 0 saturated carbocycles. The van der Waals surface area contributed by atoms with Gasteiger partial charge in [0.15, 0.2) is 0 Å². The summed E-state index contributed by atoms with van der Waals surface area (Å²) in [6, 6.07) is -0.725. The zero-order valence-corrected chi connectivity index (χ0v) is 7.28. The van der Waals surface area contributed by atoms with Crippen LogP contribution < -0.4 is 5.11 Å². The zero-order valence-electron chi connectivity index (χ0n) is 6.53. The number of aliphatic carboxylic acids is 1. The Labute approximate surface area is 74.8 Å². The molecule has 1 aromatic rings. The molecule has 0 fully saturated rings. The summed E-state index contributed by atoms with van der Waals surface area (Å²) in [5.74, 6) is -1.14. The van der Waals surface area contributed by atoms with Gasteiger partial charge in [0.25, 0.3) is 0 Å². The largest absolute Gasteiger partial charge is 0.548 e. The summed E-state index contributed by atoms with van der Waals surface area (Å²) in [6.45, 7) is 1.75. The Balaban J connectivity index is 2.87. The number of carbonyl (C=O) groups excluding carboxylic acids is 1. The highest BCUT2D eigenvalue weighted by atomic mass is 35.5. The summed E-state index contributed by atoms with van der Waals surface area (Å²) < 4.78 is 1.29. The number of aromatic nitrogens is 2. The van der Waals surface area contributed by atoms with Crippen molar-refractivity contribution in [2.24, 2.45) is 0 Å². The van der Waals surface area contributed by atoms with E-state index in [0.29, 0.717) is 11.4 Å². The Morgan fingerprint density at radius 1 is 1.92 bits per heavy atom. The van der Waals surface area contributed by atoms with E-state index in [1.807, 2.05) is 0 Å². The first-order valence-electron chi connectivity index (χ1n) is 3.55. The lowest BCUT2D eigenvalue weighted by Crippen LogP contribution is -2.33. The predicted molar refractivity (Wildman–Crippen MR) is 41.6 cm³/mol. The number of carboxylic acids is 1. The van der Waals surface area contributed by atoms with Crippen LogP contribution in [0.3, 0.4) is 0 Å². The van der Waals surface area contributed by atoms with Gasteiger partial charge in [0, 0.05) is 6.20 Å². The van der Waals surface area contributed by atoms with Crippen molar-refractivity contribution in [2.75, 3.05) is 0 Å². The van der Waals surface area contributed by atoms with Crippen molar-refractivity contribution in [2.45, 2.75) is 19.4 Å². The Hall–Kier alpha value is -1.03. The van der Waals surface area contributed by atoms with Gasteiger partial charge in [-0.2, -0.15) is 5.10 Å². The molecule has 0 aliphatic rings. The molecule has 66 valence electrons. The van der Waals surface area contributed by atoms with Crippen LogP contribution >= 0.6 is 11.6 Å². The van der Waals surface area contributed by atoms with Gasteiger partial charge in [0.2, 0.25) is 0 Å². The maximum Gasteiger partial charge on any atom is 0.0910 e. The first kappa shape index (κ1) is 9.06. The number of rotatable bonds is 3. The van der Waals surface area contributed by atoms with Gasteiger partial charge in [-0.3, -0.25) is 4.68 Å². The number of carbonyl (C=O) groups is 1. The fraction of sp³-hybridized carbons (Fsp3) is 0.429. The van der Waals surface area contributed by atoms with Crippen LogP contribution in [0.15, 0.2) is 12.4 Å². The molecule has 0 unspecified atom stereocenters. The smallest absolute Gasteiger partial charge is 0.0910 e. The summed E-state index contributed by atoms with van der Waals surface area (Å²) in [5.41, 5.74) is 0. The van der Waals surface area contributed by atoms with Gasteiger partial charge in [0.05, 0.1) is 23.2 Å². The van der Waals surface area contributed by atoms with Crippen molar-refractivity contribution >= 4 is 17.6 Å². The van der Waals surface area contributed by atoms with Crippen molar-refractivity contribution in [3.8, 4) is 0 Å². The van der Waals surface area contributed by atoms with Crippen LogP contribution in [0.1, 0.15) is 19.4 Å². The molecule has 12 heavy (non-hydrogen) atoms. The van der Waals surface area contributed by atoms with Crippen LogP contribution in [0, 0.1) is 0 Å². The van der Waals surface area contributed by atoms with Gasteiger partial charge < -0.3 is 9.90 Å². The summed E-state index contributed by atoms with van der Waals surface area (Å²) >= 11 is 5.57. The molecule has 0 radical (unpaired) electrons. The fourth-order valence-electron chi connectivity index (χ4n) is 0.947. The van der Waals surface area contributed by atoms with Gasteiger partial charge in [-0.1, -0.05) is 18.5 Å². The minimum atomic E-state index is -1.14. The third kappa shape index (κ3) is 1.76. The van der Waals surface area contributed by atoms with Gasteiger partial charge >= 0.3 is 0 Å². The number of halogens is 1. The molecule has 0 aliphatic carbocycles. The van der Waals surface area contributed by atoms with E-state index in [0.717, 1.165) is 0 Å². The minimum absolute atomic E-state index is 0.426. The number of nitrogens with zero attached hydrogens (tertiary/aromatic N) is 2. The normalized spacial score (nSPS) is 12.8. The van der Waals surface area contributed by atoms with Crippen molar-refractivity contribution < 1.29 is 9.90 Å². The topological polar surface area (TPSA) is 57.9 Å². The highest BCUT2D eigenvalue weighted by Crippen LogP contribution is 2.12. The number of hydrogen-bond donors (Lipinski definition) is 0. The lowest BCUT2D eigenvalue weighted by molar-refractivity contribution is -0.310. The fourth-order valence-corrected chi connectivity index (χ4v) is 1.09. The van der Waals surface area contributed by atoms with E-state index in [9.17, 15) is 9.90 Å². The average molecular weight is 188 g/mol. The maximum atomic E-state index is 10.5. The van der Waals surface area contributed by atoms with Gasteiger partial charge in [-0.25, -0.2) is 0 Å². The van der Waals surface area contributed by atoms with Gasteiger partial charge in [0.1, 0.15) is 0 Å². The monoisotopic (exact) mass is 187 g/mol.